The van der Waals surface area contributed by atoms with Gasteiger partial charge in [0.25, 0.3) is 0 Å². The molecule has 2 rings (SSSR count). The highest BCUT2D eigenvalue weighted by Crippen LogP contribution is 2.40. The van der Waals surface area contributed by atoms with Crippen LogP contribution in [0.5, 0.6) is 11.5 Å². The molecule has 1 unspecified atom stereocenters. The number of nitrogens with zero attached hydrogens (tertiary/aromatic N) is 1. The Balaban J connectivity index is 2.53. The molecule has 104 valence electrons. The van der Waals surface area contributed by atoms with E-state index in [2.05, 4.69) is 0 Å². The monoisotopic (exact) mass is 264 g/mol. The summed E-state index contributed by atoms with van der Waals surface area (Å²) in [4.78, 5) is 13.9. The summed E-state index contributed by atoms with van der Waals surface area (Å²) in [5, 5.41) is 0. The van der Waals surface area contributed by atoms with E-state index >= 15 is 0 Å². The summed E-state index contributed by atoms with van der Waals surface area (Å²) < 4.78 is 10.6. The van der Waals surface area contributed by atoms with Gasteiger partial charge in [0.2, 0.25) is 5.91 Å². The Kier molecular flexibility index (Phi) is 3.41. The number of nitrogens with two attached hydrogens (primary N) is 1. The van der Waals surface area contributed by atoms with Crippen molar-refractivity contribution in [3.63, 3.8) is 0 Å². The minimum absolute atomic E-state index is 0.00375. The molecule has 0 radical (unpaired) electrons. The predicted molar refractivity (Wildman–Crippen MR) is 73.7 cm³/mol. The lowest BCUT2D eigenvalue weighted by atomic mass is 9.96. The summed E-state index contributed by atoms with van der Waals surface area (Å²) in [7, 11) is 3.17. The lowest BCUT2D eigenvalue weighted by molar-refractivity contribution is -0.117. The summed E-state index contributed by atoms with van der Waals surface area (Å²) in [5.74, 6) is 1.32. The number of carbonyl (C=O) groups is 1. The molecule has 19 heavy (non-hydrogen) atoms. The first kappa shape index (κ1) is 13.7. The molecule has 1 amide bonds. The maximum Gasteiger partial charge on any atom is 0.229 e. The topological polar surface area (TPSA) is 64.8 Å². The molecule has 5 nitrogen and oxygen atoms in total. The SMILES string of the molecule is COc1ccc(OC)c(N2C(=O)CC(N)C2(C)C)c1. The molecule has 1 aromatic carbocycles. The Hall–Kier alpha value is -1.75. The zero-order chi connectivity index (χ0) is 14.2. The number of methoxy groups -OCH3 is 2. The fraction of sp³-hybridized carbons (Fsp3) is 0.500. The molecule has 0 aliphatic carbocycles. The van der Waals surface area contributed by atoms with Crippen LogP contribution in [0.4, 0.5) is 5.69 Å². The van der Waals surface area contributed by atoms with E-state index in [1.165, 1.54) is 0 Å². The van der Waals surface area contributed by atoms with Gasteiger partial charge in [0.1, 0.15) is 11.5 Å². The highest BCUT2D eigenvalue weighted by atomic mass is 16.5. The molecular formula is C14H20N2O3. The zero-order valence-electron chi connectivity index (χ0n) is 11.8. The van der Waals surface area contributed by atoms with E-state index in [0.717, 1.165) is 0 Å². The van der Waals surface area contributed by atoms with E-state index in [0.29, 0.717) is 23.6 Å². The number of benzene rings is 1. The van der Waals surface area contributed by atoms with Crippen LogP contribution in [0, 0.1) is 0 Å². The number of rotatable bonds is 3. The van der Waals surface area contributed by atoms with Crippen LogP contribution in [0.15, 0.2) is 18.2 Å². The normalized spacial score (nSPS) is 21.6. The Morgan fingerprint density at radius 2 is 2.00 bits per heavy atom. The molecule has 0 aromatic heterocycles. The summed E-state index contributed by atoms with van der Waals surface area (Å²) in [6.07, 6.45) is 0.341. The van der Waals surface area contributed by atoms with Gasteiger partial charge >= 0.3 is 0 Å². The molecule has 0 bridgehead atoms. The van der Waals surface area contributed by atoms with E-state index in [9.17, 15) is 4.79 Å². The van der Waals surface area contributed by atoms with Crippen molar-refractivity contribution in [2.45, 2.75) is 31.8 Å². The van der Waals surface area contributed by atoms with Crippen molar-refractivity contribution in [1.29, 1.82) is 0 Å². The second kappa shape index (κ2) is 4.74. The highest BCUT2D eigenvalue weighted by Gasteiger charge is 2.46. The third-order valence-corrected chi connectivity index (χ3v) is 3.75. The van der Waals surface area contributed by atoms with Crippen molar-refractivity contribution in [3.05, 3.63) is 18.2 Å². The van der Waals surface area contributed by atoms with Crippen molar-refractivity contribution in [3.8, 4) is 11.5 Å². The van der Waals surface area contributed by atoms with Crippen molar-refractivity contribution in [1.82, 2.24) is 0 Å². The molecule has 1 atom stereocenters. The Bertz CT molecular complexity index is 499. The molecule has 2 N–H and O–H groups in total. The first-order valence-electron chi connectivity index (χ1n) is 6.22. The maximum atomic E-state index is 12.2. The van der Waals surface area contributed by atoms with Crippen LogP contribution in [-0.4, -0.2) is 31.7 Å². The molecular weight excluding hydrogens is 244 g/mol. The second-order valence-corrected chi connectivity index (χ2v) is 5.23. The van der Waals surface area contributed by atoms with Crippen LogP contribution in [0.25, 0.3) is 0 Å². The Labute approximate surface area is 113 Å². The lowest BCUT2D eigenvalue weighted by Crippen LogP contribution is -2.49. The number of hydrogen-bond acceptors (Lipinski definition) is 4. The van der Waals surface area contributed by atoms with Gasteiger partial charge in [-0.15, -0.1) is 0 Å². The first-order chi connectivity index (χ1) is 8.91. The summed E-state index contributed by atoms with van der Waals surface area (Å²) in [6.45, 7) is 3.92. The van der Waals surface area contributed by atoms with Gasteiger partial charge in [-0.3, -0.25) is 4.79 Å². The number of hydrogen-bond donors (Lipinski definition) is 1. The number of amides is 1. The molecule has 1 heterocycles. The summed E-state index contributed by atoms with van der Waals surface area (Å²) >= 11 is 0. The number of anilines is 1. The van der Waals surface area contributed by atoms with Gasteiger partial charge in [-0.05, 0) is 26.0 Å². The zero-order valence-corrected chi connectivity index (χ0v) is 11.8. The minimum atomic E-state index is -0.448. The quantitative estimate of drug-likeness (QED) is 0.899. The first-order valence-corrected chi connectivity index (χ1v) is 6.22. The predicted octanol–water partition coefficient (Wildman–Crippen LogP) is 1.55. The van der Waals surface area contributed by atoms with E-state index in [1.807, 2.05) is 13.8 Å². The number of ether oxygens (including phenoxy) is 2. The second-order valence-electron chi connectivity index (χ2n) is 5.23. The van der Waals surface area contributed by atoms with E-state index in [-0.39, 0.29) is 11.9 Å². The van der Waals surface area contributed by atoms with Gasteiger partial charge in [0, 0.05) is 18.5 Å². The fourth-order valence-corrected chi connectivity index (χ4v) is 2.43. The lowest BCUT2D eigenvalue weighted by Gasteiger charge is -2.35. The summed E-state index contributed by atoms with van der Waals surface area (Å²) in [5.41, 5.74) is 6.31. The third kappa shape index (κ3) is 2.14. The average Bonchev–Trinajstić information content (AvgIpc) is 2.57. The van der Waals surface area contributed by atoms with Crippen LogP contribution in [-0.2, 0) is 4.79 Å². The highest BCUT2D eigenvalue weighted by molar-refractivity contribution is 5.99. The maximum absolute atomic E-state index is 12.2. The van der Waals surface area contributed by atoms with Crippen molar-refractivity contribution >= 4 is 11.6 Å². The van der Waals surface area contributed by atoms with Crippen LogP contribution >= 0.6 is 0 Å². The van der Waals surface area contributed by atoms with Gasteiger partial charge in [0.05, 0.1) is 25.4 Å². The average molecular weight is 264 g/mol. The van der Waals surface area contributed by atoms with Crippen molar-refractivity contribution < 1.29 is 14.3 Å². The van der Waals surface area contributed by atoms with Crippen LogP contribution < -0.4 is 20.1 Å². The molecule has 0 saturated carbocycles. The van der Waals surface area contributed by atoms with E-state index in [1.54, 1.807) is 37.3 Å². The molecule has 1 aliphatic rings. The molecule has 5 heteroatoms. The minimum Gasteiger partial charge on any atom is -0.497 e. The van der Waals surface area contributed by atoms with Crippen LogP contribution in [0.3, 0.4) is 0 Å². The van der Waals surface area contributed by atoms with Crippen LogP contribution in [0.2, 0.25) is 0 Å². The smallest absolute Gasteiger partial charge is 0.229 e. The largest absolute Gasteiger partial charge is 0.497 e. The Morgan fingerprint density at radius 3 is 2.47 bits per heavy atom. The summed E-state index contributed by atoms with van der Waals surface area (Å²) in [6, 6.07) is 5.20. The van der Waals surface area contributed by atoms with Crippen molar-refractivity contribution in [2.75, 3.05) is 19.1 Å². The van der Waals surface area contributed by atoms with Gasteiger partial charge in [-0.25, -0.2) is 0 Å². The number of carbonyl (C=O) groups excluding carboxylic acids is 1. The molecule has 1 aliphatic heterocycles. The fourth-order valence-electron chi connectivity index (χ4n) is 2.43. The Morgan fingerprint density at radius 1 is 1.32 bits per heavy atom. The van der Waals surface area contributed by atoms with Gasteiger partial charge in [-0.1, -0.05) is 0 Å². The molecule has 0 spiro atoms. The van der Waals surface area contributed by atoms with Crippen LogP contribution in [0.1, 0.15) is 20.3 Å². The standard InChI is InChI=1S/C14H20N2O3/c1-14(2)12(15)8-13(17)16(14)10-7-9(18-3)5-6-11(10)19-4/h5-7,12H,8,15H2,1-4H3. The molecule has 1 fully saturated rings. The van der Waals surface area contributed by atoms with E-state index < -0.39 is 5.54 Å². The van der Waals surface area contributed by atoms with E-state index in [4.69, 9.17) is 15.2 Å². The molecule has 1 saturated heterocycles. The molecule has 1 aromatic rings. The van der Waals surface area contributed by atoms with Gasteiger partial charge in [0.15, 0.2) is 0 Å². The van der Waals surface area contributed by atoms with Gasteiger partial charge < -0.3 is 20.1 Å². The van der Waals surface area contributed by atoms with Crippen molar-refractivity contribution in [2.24, 2.45) is 5.73 Å². The van der Waals surface area contributed by atoms with Gasteiger partial charge in [-0.2, -0.15) is 0 Å². The third-order valence-electron chi connectivity index (χ3n) is 3.75.